The number of hydrogen-bond donors (Lipinski definition) is 0. The van der Waals surface area contributed by atoms with E-state index in [2.05, 4.69) is 5.16 Å². The van der Waals surface area contributed by atoms with Gasteiger partial charge in [-0.25, -0.2) is 14.2 Å². The Kier molecular flexibility index (Phi) is 9.66. The molecule has 0 fully saturated rings. The van der Waals surface area contributed by atoms with Crippen molar-refractivity contribution in [3.8, 4) is 5.75 Å². The number of methoxy groups -OCH3 is 1. The molecule has 1 aromatic heterocycles. The standard InChI is InChI=1S/C27H37FN4O6/c1-16(2)37-23(20-13-19(28)11-12-22(20)36-10)15-31-14-21(18(5)29-38-17(3)4)24(33)32(26(31)35)30(9)25(34)27(6,7)8/h11-17H,1-10H3/b23-15-,29-18+. The second-order valence-corrected chi connectivity index (χ2v) is 10.3. The number of oxime groups is 1. The molecule has 0 unspecified atom stereocenters. The molecule has 0 N–H and O–H groups in total. The third-order valence-corrected chi connectivity index (χ3v) is 5.16. The van der Waals surface area contributed by atoms with Crippen LogP contribution >= 0.6 is 0 Å². The summed E-state index contributed by atoms with van der Waals surface area (Å²) in [5.41, 5.74) is -2.06. The smallest absolute Gasteiger partial charge is 0.354 e. The lowest BCUT2D eigenvalue weighted by Gasteiger charge is -2.27. The minimum atomic E-state index is -0.887. The molecule has 208 valence electrons. The van der Waals surface area contributed by atoms with Gasteiger partial charge < -0.3 is 14.3 Å². The van der Waals surface area contributed by atoms with Gasteiger partial charge in [-0.1, -0.05) is 25.9 Å². The summed E-state index contributed by atoms with van der Waals surface area (Å²) in [7, 11) is 2.77. The number of hydrogen-bond acceptors (Lipinski definition) is 7. The Hall–Kier alpha value is -3.89. The van der Waals surface area contributed by atoms with E-state index in [1.54, 1.807) is 55.4 Å². The Morgan fingerprint density at radius 3 is 2.26 bits per heavy atom. The lowest BCUT2D eigenvalue weighted by Crippen LogP contribution is -2.56. The molecule has 2 rings (SSSR count). The number of carbonyl (C=O) groups excluding carboxylic acids is 1. The van der Waals surface area contributed by atoms with Crippen molar-refractivity contribution in [3.05, 3.63) is 62.2 Å². The molecule has 0 saturated carbocycles. The van der Waals surface area contributed by atoms with Gasteiger partial charge in [-0.2, -0.15) is 4.68 Å². The molecular weight excluding hydrogens is 495 g/mol. The molecule has 0 aliphatic rings. The summed E-state index contributed by atoms with van der Waals surface area (Å²) in [6.07, 6.45) is 1.97. The van der Waals surface area contributed by atoms with Crippen LogP contribution in [0.25, 0.3) is 12.0 Å². The Bertz CT molecular complexity index is 1350. The van der Waals surface area contributed by atoms with Crippen LogP contribution in [0.3, 0.4) is 0 Å². The molecule has 10 nitrogen and oxygen atoms in total. The number of aromatic nitrogens is 2. The predicted octanol–water partition coefficient (Wildman–Crippen LogP) is 3.83. The molecule has 0 bridgehead atoms. The van der Waals surface area contributed by atoms with E-state index in [0.717, 1.165) is 14.3 Å². The van der Waals surface area contributed by atoms with Crippen LogP contribution in [-0.4, -0.2) is 47.2 Å². The summed E-state index contributed by atoms with van der Waals surface area (Å²) >= 11 is 0. The molecule has 1 amide bonds. The van der Waals surface area contributed by atoms with E-state index in [9.17, 15) is 18.8 Å². The first-order valence-corrected chi connectivity index (χ1v) is 12.2. The SMILES string of the molecule is COc1ccc(F)cc1/C(=C/n1cc(/C(C)=N/OC(C)C)c(=O)n(N(C)C(=O)C(C)(C)C)c1=O)OC(C)C. The number of carbonyl (C=O) groups is 1. The van der Waals surface area contributed by atoms with Crippen molar-refractivity contribution in [2.45, 2.75) is 67.6 Å². The average Bonchev–Trinajstić information content (AvgIpc) is 2.82. The molecule has 0 aliphatic heterocycles. The number of nitrogens with zero attached hydrogens (tertiary/aromatic N) is 4. The van der Waals surface area contributed by atoms with Gasteiger partial charge in [-0.3, -0.25) is 14.2 Å². The zero-order valence-corrected chi connectivity index (χ0v) is 23.7. The van der Waals surface area contributed by atoms with Crippen LogP contribution in [0.5, 0.6) is 5.75 Å². The van der Waals surface area contributed by atoms with E-state index in [-0.39, 0.29) is 34.8 Å². The Morgan fingerprint density at radius 2 is 1.74 bits per heavy atom. The van der Waals surface area contributed by atoms with Crippen molar-refractivity contribution in [2.24, 2.45) is 10.6 Å². The van der Waals surface area contributed by atoms with E-state index in [1.165, 1.54) is 44.8 Å². The summed E-state index contributed by atoms with van der Waals surface area (Å²) in [5.74, 6) is -0.598. The molecule has 0 aliphatic carbocycles. The third-order valence-electron chi connectivity index (χ3n) is 5.16. The van der Waals surface area contributed by atoms with Crippen molar-refractivity contribution in [2.75, 3.05) is 19.2 Å². The molecule has 0 atom stereocenters. The molecule has 38 heavy (non-hydrogen) atoms. The minimum Gasteiger partial charge on any atom is -0.496 e. The molecule has 11 heteroatoms. The van der Waals surface area contributed by atoms with Crippen LogP contribution < -0.4 is 21.0 Å². The van der Waals surface area contributed by atoms with E-state index in [0.29, 0.717) is 5.75 Å². The van der Waals surface area contributed by atoms with E-state index < -0.39 is 28.4 Å². The second kappa shape index (κ2) is 12.1. The first-order chi connectivity index (χ1) is 17.6. The summed E-state index contributed by atoms with van der Waals surface area (Å²) in [6, 6.07) is 3.89. The van der Waals surface area contributed by atoms with Crippen LogP contribution in [0.15, 0.2) is 39.1 Å². The zero-order valence-electron chi connectivity index (χ0n) is 23.7. The van der Waals surface area contributed by atoms with Gasteiger partial charge in [-0.05, 0) is 52.8 Å². The maximum absolute atomic E-state index is 14.2. The highest BCUT2D eigenvalue weighted by molar-refractivity contribution is 5.98. The summed E-state index contributed by atoms with van der Waals surface area (Å²) in [6.45, 7) is 13.7. The summed E-state index contributed by atoms with van der Waals surface area (Å²) in [4.78, 5) is 45.5. The monoisotopic (exact) mass is 532 g/mol. The van der Waals surface area contributed by atoms with Crippen molar-refractivity contribution in [3.63, 3.8) is 0 Å². The fourth-order valence-corrected chi connectivity index (χ4v) is 3.39. The molecule has 1 aromatic carbocycles. The zero-order chi connectivity index (χ0) is 28.9. The van der Waals surface area contributed by atoms with Gasteiger partial charge in [0.15, 0.2) is 0 Å². The highest BCUT2D eigenvalue weighted by atomic mass is 19.1. The van der Waals surface area contributed by atoms with Gasteiger partial charge in [0.05, 0.1) is 36.3 Å². The van der Waals surface area contributed by atoms with Crippen LogP contribution in [0.4, 0.5) is 4.39 Å². The Morgan fingerprint density at radius 1 is 1.11 bits per heavy atom. The van der Waals surface area contributed by atoms with E-state index in [1.807, 2.05) is 0 Å². The van der Waals surface area contributed by atoms with Crippen LogP contribution in [-0.2, 0) is 14.4 Å². The summed E-state index contributed by atoms with van der Waals surface area (Å²) < 4.78 is 27.3. The molecule has 1 heterocycles. The fraction of sp³-hybridized carbons (Fsp3) is 0.481. The van der Waals surface area contributed by atoms with E-state index >= 15 is 0 Å². The van der Waals surface area contributed by atoms with Crippen molar-refractivity contribution < 1.29 is 23.5 Å². The first kappa shape index (κ1) is 30.3. The predicted molar refractivity (Wildman–Crippen MR) is 145 cm³/mol. The number of amides is 1. The Balaban J connectivity index is 2.96. The lowest BCUT2D eigenvalue weighted by atomic mass is 9.95. The van der Waals surface area contributed by atoms with Gasteiger partial charge in [0.2, 0.25) is 5.91 Å². The average molecular weight is 533 g/mol. The quantitative estimate of drug-likeness (QED) is 0.276. The third kappa shape index (κ3) is 7.11. The van der Waals surface area contributed by atoms with Crippen LogP contribution in [0.1, 0.15) is 66.5 Å². The van der Waals surface area contributed by atoms with Crippen molar-refractivity contribution in [1.82, 2.24) is 9.24 Å². The fourth-order valence-electron chi connectivity index (χ4n) is 3.39. The van der Waals surface area contributed by atoms with E-state index in [4.69, 9.17) is 14.3 Å². The first-order valence-electron chi connectivity index (χ1n) is 12.2. The Labute approximate surface area is 221 Å². The molecule has 0 saturated heterocycles. The normalized spacial score (nSPS) is 12.7. The minimum absolute atomic E-state index is 0.00478. The molecule has 2 aromatic rings. The van der Waals surface area contributed by atoms with Gasteiger partial charge in [-0.15, -0.1) is 0 Å². The number of ether oxygens (including phenoxy) is 2. The highest BCUT2D eigenvalue weighted by Gasteiger charge is 2.29. The summed E-state index contributed by atoms with van der Waals surface area (Å²) in [5, 5.41) is 4.98. The second-order valence-electron chi connectivity index (χ2n) is 10.3. The maximum Gasteiger partial charge on any atom is 0.354 e. The largest absolute Gasteiger partial charge is 0.496 e. The molecule has 0 spiro atoms. The number of halogens is 1. The van der Waals surface area contributed by atoms with Gasteiger partial charge in [0.1, 0.15) is 23.4 Å². The molecular formula is C27H37FN4O6. The van der Waals surface area contributed by atoms with Gasteiger partial charge in [0, 0.05) is 18.7 Å². The number of benzene rings is 1. The maximum atomic E-state index is 14.2. The van der Waals surface area contributed by atoms with Gasteiger partial charge >= 0.3 is 5.69 Å². The van der Waals surface area contributed by atoms with Crippen LogP contribution in [0, 0.1) is 11.2 Å². The topological polar surface area (TPSA) is 104 Å². The lowest BCUT2D eigenvalue weighted by molar-refractivity contribution is -0.127. The van der Waals surface area contributed by atoms with Crippen LogP contribution in [0.2, 0.25) is 0 Å². The molecule has 0 radical (unpaired) electrons. The highest BCUT2D eigenvalue weighted by Crippen LogP contribution is 2.29. The van der Waals surface area contributed by atoms with Crippen molar-refractivity contribution >= 4 is 23.6 Å². The van der Waals surface area contributed by atoms with Crippen molar-refractivity contribution in [1.29, 1.82) is 0 Å². The van der Waals surface area contributed by atoms with Gasteiger partial charge in [0.25, 0.3) is 5.56 Å². The number of rotatable bonds is 9.